The lowest BCUT2D eigenvalue weighted by molar-refractivity contribution is -0.145. The zero-order valence-corrected chi connectivity index (χ0v) is 9.56. The van der Waals surface area contributed by atoms with Crippen LogP contribution in [0.2, 0.25) is 0 Å². The summed E-state index contributed by atoms with van der Waals surface area (Å²) in [7, 11) is 1.54. The van der Waals surface area contributed by atoms with Gasteiger partial charge in [0.25, 0.3) is 0 Å². The number of aliphatic hydroxyl groups excluding tert-OH is 1. The van der Waals surface area contributed by atoms with Gasteiger partial charge in [-0.3, -0.25) is 4.79 Å². The van der Waals surface area contributed by atoms with Crippen LogP contribution in [0.3, 0.4) is 0 Å². The van der Waals surface area contributed by atoms with Gasteiger partial charge in [-0.2, -0.15) is 0 Å². The van der Waals surface area contributed by atoms with E-state index in [2.05, 4.69) is 0 Å². The first-order chi connectivity index (χ1) is 8.26. The molecule has 1 aromatic carbocycles. The average Bonchev–Trinajstić information content (AvgIpc) is 2.35. The van der Waals surface area contributed by atoms with E-state index < -0.39 is 0 Å². The maximum Gasteiger partial charge on any atom is 0.310 e. The monoisotopic (exact) mass is 238 g/mol. The van der Waals surface area contributed by atoms with Crippen LogP contribution in [0.15, 0.2) is 12.1 Å². The minimum absolute atomic E-state index is 0.0603. The van der Waals surface area contributed by atoms with Crippen LogP contribution in [0.5, 0.6) is 11.5 Å². The third-order valence-corrected chi connectivity index (χ3v) is 2.59. The Morgan fingerprint density at radius 1 is 1.47 bits per heavy atom. The first-order valence-electron chi connectivity index (χ1n) is 5.34. The van der Waals surface area contributed by atoms with E-state index in [0.717, 1.165) is 11.1 Å². The molecule has 1 aliphatic heterocycles. The Balaban J connectivity index is 2.34. The molecule has 92 valence electrons. The normalized spacial score (nSPS) is 13.9. The summed E-state index contributed by atoms with van der Waals surface area (Å²) in [5.74, 6) is 0.894. The Morgan fingerprint density at radius 2 is 2.29 bits per heavy atom. The van der Waals surface area contributed by atoms with Crippen molar-refractivity contribution in [3.63, 3.8) is 0 Å². The molecule has 0 aromatic heterocycles. The van der Waals surface area contributed by atoms with E-state index in [0.29, 0.717) is 11.5 Å². The number of benzene rings is 1. The molecule has 5 heteroatoms. The third-order valence-electron chi connectivity index (χ3n) is 2.59. The number of aliphatic hydroxyl groups is 1. The summed E-state index contributed by atoms with van der Waals surface area (Å²) in [6, 6.07) is 3.57. The van der Waals surface area contributed by atoms with Gasteiger partial charge in [-0.15, -0.1) is 0 Å². The van der Waals surface area contributed by atoms with Crippen LogP contribution in [0.1, 0.15) is 11.1 Å². The maximum atomic E-state index is 11.2. The first kappa shape index (κ1) is 11.7. The minimum Gasteiger partial charge on any atom is -0.492 e. The molecule has 0 saturated carbocycles. The zero-order chi connectivity index (χ0) is 12.3. The quantitative estimate of drug-likeness (QED) is 0.781. The molecule has 0 atom stereocenters. The topological polar surface area (TPSA) is 65.0 Å². The fourth-order valence-corrected chi connectivity index (χ4v) is 1.82. The highest BCUT2D eigenvalue weighted by Crippen LogP contribution is 2.36. The molecule has 1 aliphatic rings. The standard InChI is InChI=1S/C12H14O5/c1-15-12-9-7-17-11(14)6-8(9)2-3-10(12)16-5-4-13/h2-3,13H,4-7H2,1H3. The number of cyclic esters (lactones) is 1. The number of hydrogen-bond acceptors (Lipinski definition) is 5. The molecule has 0 saturated heterocycles. The van der Waals surface area contributed by atoms with Crippen LogP contribution in [-0.2, 0) is 22.6 Å². The second kappa shape index (κ2) is 5.05. The van der Waals surface area contributed by atoms with Gasteiger partial charge in [-0.05, 0) is 11.6 Å². The summed E-state index contributed by atoms with van der Waals surface area (Å²) in [6.07, 6.45) is 0.256. The Morgan fingerprint density at radius 3 is 3.00 bits per heavy atom. The summed E-state index contributed by atoms with van der Waals surface area (Å²) in [4.78, 5) is 11.2. The highest BCUT2D eigenvalue weighted by molar-refractivity contribution is 5.76. The van der Waals surface area contributed by atoms with Crippen molar-refractivity contribution in [3.05, 3.63) is 23.3 Å². The largest absolute Gasteiger partial charge is 0.492 e. The Hall–Kier alpha value is -1.75. The number of esters is 1. The van der Waals surface area contributed by atoms with Gasteiger partial charge in [0, 0.05) is 5.56 Å². The molecule has 0 amide bonds. The lowest BCUT2D eigenvalue weighted by atomic mass is 10.0. The van der Waals surface area contributed by atoms with Crippen LogP contribution in [0.25, 0.3) is 0 Å². The fraction of sp³-hybridized carbons (Fsp3) is 0.417. The van der Waals surface area contributed by atoms with E-state index in [-0.39, 0.29) is 32.2 Å². The molecule has 0 bridgehead atoms. The predicted octanol–water partition coefficient (Wildman–Crippen LogP) is 0.666. The molecule has 0 unspecified atom stereocenters. The van der Waals surface area contributed by atoms with Crippen LogP contribution in [0, 0.1) is 0 Å². The molecular formula is C12H14O5. The van der Waals surface area contributed by atoms with Gasteiger partial charge < -0.3 is 19.3 Å². The summed E-state index contributed by atoms with van der Waals surface area (Å²) in [6.45, 7) is 0.345. The van der Waals surface area contributed by atoms with Crippen molar-refractivity contribution in [2.75, 3.05) is 20.3 Å². The second-order valence-corrected chi connectivity index (χ2v) is 3.64. The smallest absolute Gasteiger partial charge is 0.310 e. The van der Waals surface area contributed by atoms with E-state index in [1.807, 2.05) is 6.07 Å². The number of carbonyl (C=O) groups excluding carboxylic acids is 1. The minimum atomic E-state index is -0.233. The van der Waals surface area contributed by atoms with Crippen molar-refractivity contribution in [2.24, 2.45) is 0 Å². The molecule has 5 nitrogen and oxygen atoms in total. The lowest BCUT2D eigenvalue weighted by Gasteiger charge is -2.20. The van der Waals surface area contributed by atoms with E-state index in [1.54, 1.807) is 6.07 Å². The van der Waals surface area contributed by atoms with Gasteiger partial charge in [0.1, 0.15) is 13.2 Å². The van der Waals surface area contributed by atoms with Gasteiger partial charge in [0.2, 0.25) is 0 Å². The first-order valence-corrected chi connectivity index (χ1v) is 5.34. The van der Waals surface area contributed by atoms with Crippen molar-refractivity contribution in [1.82, 2.24) is 0 Å². The van der Waals surface area contributed by atoms with Gasteiger partial charge in [-0.1, -0.05) is 6.07 Å². The SMILES string of the molecule is COc1c(OCCO)ccc2c1COC(=O)C2. The average molecular weight is 238 g/mol. The Bertz CT molecular complexity index is 427. The van der Waals surface area contributed by atoms with Crippen molar-refractivity contribution in [2.45, 2.75) is 13.0 Å². The van der Waals surface area contributed by atoms with Crippen molar-refractivity contribution >= 4 is 5.97 Å². The Kier molecular flexibility index (Phi) is 3.49. The van der Waals surface area contributed by atoms with Gasteiger partial charge in [0.15, 0.2) is 11.5 Å². The molecule has 0 spiro atoms. The molecule has 1 heterocycles. The molecule has 0 fully saturated rings. The van der Waals surface area contributed by atoms with E-state index in [4.69, 9.17) is 19.3 Å². The van der Waals surface area contributed by atoms with Crippen LogP contribution in [-0.4, -0.2) is 31.4 Å². The molecular weight excluding hydrogens is 224 g/mol. The molecule has 0 radical (unpaired) electrons. The number of hydrogen-bond donors (Lipinski definition) is 1. The fourth-order valence-electron chi connectivity index (χ4n) is 1.82. The summed E-state index contributed by atoms with van der Waals surface area (Å²) >= 11 is 0. The highest BCUT2D eigenvalue weighted by atomic mass is 16.5. The summed E-state index contributed by atoms with van der Waals surface area (Å²) in [5, 5.41) is 8.73. The van der Waals surface area contributed by atoms with Gasteiger partial charge in [0.05, 0.1) is 20.1 Å². The van der Waals surface area contributed by atoms with Gasteiger partial charge >= 0.3 is 5.97 Å². The zero-order valence-electron chi connectivity index (χ0n) is 9.56. The molecule has 17 heavy (non-hydrogen) atoms. The predicted molar refractivity (Wildman–Crippen MR) is 59.1 cm³/mol. The van der Waals surface area contributed by atoms with E-state index >= 15 is 0 Å². The lowest BCUT2D eigenvalue weighted by Crippen LogP contribution is -2.17. The maximum absolute atomic E-state index is 11.2. The molecule has 1 N–H and O–H groups in total. The second-order valence-electron chi connectivity index (χ2n) is 3.64. The molecule has 0 aliphatic carbocycles. The summed E-state index contributed by atoms with van der Waals surface area (Å²) < 4.78 is 15.6. The van der Waals surface area contributed by atoms with Gasteiger partial charge in [-0.25, -0.2) is 0 Å². The van der Waals surface area contributed by atoms with Crippen molar-refractivity contribution in [3.8, 4) is 11.5 Å². The molecule has 1 aromatic rings. The Labute approximate surface area is 98.9 Å². The van der Waals surface area contributed by atoms with E-state index in [9.17, 15) is 4.79 Å². The number of methoxy groups -OCH3 is 1. The number of rotatable bonds is 4. The van der Waals surface area contributed by atoms with Crippen molar-refractivity contribution < 1.29 is 24.1 Å². The highest BCUT2D eigenvalue weighted by Gasteiger charge is 2.22. The number of ether oxygens (including phenoxy) is 3. The number of carbonyl (C=O) groups is 1. The van der Waals surface area contributed by atoms with Crippen molar-refractivity contribution in [1.29, 1.82) is 0 Å². The summed E-state index contributed by atoms with van der Waals surface area (Å²) in [5.41, 5.74) is 1.73. The number of fused-ring (bicyclic) bond motifs is 1. The van der Waals surface area contributed by atoms with E-state index in [1.165, 1.54) is 7.11 Å². The van der Waals surface area contributed by atoms with Crippen LogP contribution in [0.4, 0.5) is 0 Å². The molecule has 2 rings (SSSR count). The van der Waals surface area contributed by atoms with Crippen LogP contribution < -0.4 is 9.47 Å². The van der Waals surface area contributed by atoms with Crippen LogP contribution >= 0.6 is 0 Å². The third kappa shape index (κ3) is 2.34.